The lowest BCUT2D eigenvalue weighted by Crippen LogP contribution is -2.38. The number of halogens is 3. The van der Waals surface area contributed by atoms with Crippen molar-refractivity contribution < 1.29 is 13.2 Å². The largest absolute Gasteiger partial charge is 0.243 e. The summed E-state index contributed by atoms with van der Waals surface area (Å²) in [5.74, 6) is -0.603. The second-order valence-corrected chi connectivity index (χ2v) is 5.33. The predicted molar refractivity (Wildman–Crippen MR) is 74.1 cm³/mol. The highest BCUT2D eigenvalue weighted by atomic mass is 19.2. The van der Waals surface area contributed by atoms with E-state index in [-0.39, 0.29) is 5.57 Å². The van der Waals surface area contributed by atoms with Gasteiger partial charge in [0.05, 0.1) is 0 Å². The molecule has 0 aromatic rings. The highest BCUT2D eigenvalue weighted by molar-refractivity contribution is 5.41. The molecule has 0 N–H and O–H groups in total. The molecule has 3 unspecified atom stereocenters. The summed E-state index contributed by atoms with van der Waals surface area (Å²) in [7, 11) is 0. The average Bonchev–Trinajstić information content (AvgIpc) is 2.41. The third-order valence-corrected chi connectivity index (χ3v) is 3.99. The minimum Gasteiger partial charge on any atom is -0.243 e. The first kappa shape index (κ1) is 16.1. The zero-order valence-corrected chi connectivity index (χ0v) is 12.1. The fourth-order valence-corrected chi connectivity index (χ4v) is 2.30. The lowest BCUT2D eigenvalue weighted by molar-refractivity contribution is 0.0854. The topological polar surface area (TPSA) is 0 Å². The Hall–Kier alpha value is -0.990. The second-order valence-electron chi connectivity index (χ2n) is 5.33. The van der Waals surface area contributed by atoms with Gasteiger partial charge in [0.25, 0.3) is 0 Å². The molecule has 1 rings (SSSR count). The van der Waals surface area contributed by atoms with Crippen molar-refractivity contribution in [1.29, 1.82) is 0 Å². The van der Waals surface area contributed by atoms with Gasteiger partial charge in [-0.05, 0) is 25.3 Å². The van der Waals surface area contributed by atoms with Crippen molar-refractivity contribution in [2.24, 2.45) is 5.41 Å². The Bertz CT molecular complexity index is 406. The molecule has 3 atom stereocenters. The molecule has 0 amide bonds. The standard InChI is InChI=1S/C16H23F3/c1-5-8-11(6-2)13(17)12-9-10-16(4,7-3)15(19)14(12)18/h6,9-10,14-15H,5,7-8H2,1-4H3/b11-6-,13-12-. The van der Waals surface area contributed by atoms with E-state index in [1.54, 1.807) is 26.0 Å². The van der Waals surface area contributed by atoms with Crippen LogP contribution < -0.4 is 0 Å². The molecule has 1 aliphatic rings. The maximum absolute atomic E-state index is 14.3. The van der Waals surface area contributed by atoms with Gasteiger partial charge in [-0.3, -0.25) is 0 Å². The van der Waals surface area contributed by atoms with E-state index in [1.165, 1.54) is 6.08 Å². The van der Waals surface area contributed by atoms with Crippen molar-refractivity contribution in [3.05, 3.63) is 35.2 Å². The Balaban J connectivity index is 3.18. The first-order valence-corrected chi connectivity index (χ1v) is 6.93. The highest BCUT2D eigenvalue weighted by Gasteiger charge is 2.42. The summed E-state index contributed by atoms with van der Waals surface area (Å²) in [5.41, 5.74) is -0.540. The third kappa shape index (κ3) is 3.13. The van der Waals surface area contributed by atoms with Crippen LogP contribution in [0.3, 0.4) is 0 Å². The quantitative estimate of drug-likeness (QED) is 0.623. The van der Waals surface area contributed by atoms with Gasteiger partial charge in [-0.25, -0.2) is 13.2 Å². The molecule has 19 heavy (non-hydrogen) atoms. The SMILES string of the molecule is C/C=C(CCC)\C(F)=C1/C=CC(C)(CC)C(F)C1F. The van der Waals surface area contributed by atoms with Gasteiger partial charge >= 0.3 is 0 Å². The zero-order valence-electron chi connectivity index (χ0n) is 12.1. The summed E-state index contributed by atoms with van der Waals surface area (Å²) >= 11 is 0. The maximum atomic E-state index is 14.3. The van der Waals surface area contributed by atoms with Gasteiger partial charge in [0.1, 0.15) is 12.0 Å². The molecule has 0 aromatic carbocycles. The van der Waals surface area contributed by atoms with Gasteiger partial charge in [-0.2, -0.15) is 0 Å². The summed E-state index contributed by atoms with van der Waals surface area (Å²) in [6, 6.07) is 0. The first-order valence-electron chi connectivity index (χ1n) is 6.93. The molecule has 0 nitrogen and oxygen atoms in total. The molecule has 108 valence electrons. The van der Waals surface area contributed by atoms with E-state index in [4.69, 9.17) is 0 Å². The van der Waals surface area contributed by atoms with Crippen LogP contribution in [-0.4, -0.2) is 12.3 Å². The molecule has 0 saturated carbocycles. The van der Waals surface area contributed by atoms with Crippen LogP contribution in [0.2, 0.25) is 0 Å². The lowest BCUT2D eigenvalue weighted by Gasteiger charge is -2.35. The summed E-state index contributed by atoms with van der Waals surface area (Å²) in [5, 5.41) is 0. The Morgan fingerprint density at radius 1 is 1.37 bits per heavy atom. The normalized spacial score (nSPS) is 34.6. The summed E-state index contributed by atoms with van der Waals surface area (Å²) in [4.78, 5) is 0. The van der Waals surface area contributed by atoms with Crippen LogP contribution in [0.5, 0.6) is 0 Å². The molecule has 3 heteroatoms. The van der Waals surface area contributed by atoms with Gasteiger partial charge in [0, 0.05) is 11.0 Å². The van der Waals surface area contributed by atoms with Gasteiger partial charge in [0.2, 0.25) is 0 Å². The smallest absolute Gasteiger partial charge is 0.160 e. The Morgan fingerprint density at radius 3 is 2.47 bits per heavy atom. The van der Waals surface area contributed by atoms with Gasteiger partial charge in [0.15, 0.2) is 6.17 Å². The third-order valence-electron chi connectivity index (χ3n) is 3.99. The van der Waals surface area contributed by atoms with E-state index >= 15 is 0 Å². The molecule has 0 aliphatic heterocycles. The van der Waals surface area contributed by atoms with E-state index in [2.05, 4.69) is 0 Å². The van der Waals surface area contributed by atoms with E-state index < -0.39 is 23.6 Å². The van der Waals surface area contributed by atoms with E-state index in [1.807, 2.05) is 13.8 Å². The fraction of sp³-hybridized carbons (Fsp3) is 0.625. The number of alkyl halides is 2. The molecule has 0 spiro atoms. The molecule has 0 saturated heterocycles. The van der Waals surface area contributed by atoms with Crippen molar-refractivity contribution in [2.45, 2.75) is 59.3 Å². The minimum absolute atomic E-state index is 0.153. The summed E-state index contributed by atoms with van der Waals surface area (Å²) in [6.45, 7) is 7.12. The van der Waals surface area contributed by atoms with Crippen LogP contribution in [0.25, 0.3) is 0 Å². The van der Waals surface area contributed by atoms with Crippen molar-refractivity contribution in [2.75, 3.05) is 0 Å². The van der Waals surface area contributed by atoms with E-state index in [9.17, 15) is 13.2 Å². The maximum Gasteiger partial charge on any atom is 0.160 e. The van der Waals surface area contributed by atoms with Crippen LogP contribution in [0.1, 0.15) is 47.0 Å². The monoisotopic (exact) mass is 272 g/mol. The van der Waals surface area contributed by atoms with Crippen LogP contribution in [0.15, 0.2) is 35.2 Å². The molecule has 0 aromatic heterocycles. The average molecular weight is 272 g/mol. The van der Waals surface area contributed by atoms with Crippen molar-refractivity contribution in [3.8, 4) is 0 Å². The first-order chi connectivity index (χ1) is 8.91. The molecule has 1 aliphatic carbocycles. The predicted octanol–water partition coefficient (Wildman–Crippen LogP) is 5.62. The Morgan fingerprint density at radius 2 is 2.00 bits per heavy atom. The number of hydrogen-bond donors (Lipinski definition) is 0. The van der Waals surface area contributed by atoms with Crippen LogP contribution in [0, 0.1) is 5.41 Å². The van der Waals surface area contributed by atoms with Crippen LogP contribution >= 0.6 is 0 Å². The molecular weight excluding hydrogens is 249 g/mol. The van der Waals surface area contributed by atoms with Crippen LogP contribution in [0.4, 0.5) is 13.2 Å². The van der Waals surface area contributed by atoms with Crippen molar-refractivity contribution in [3.63, 3.8) is 0 Å². The Labute approximate surface area is 114 Å². The van der Waals surface area contributed by atoms with Crippen molar-refractivity contribution in [1.82, 2.24) is 0 Å². The van der Waals surface area contributed by atoms with Crippen LogP contribution in [-0.2, 0) is 0 Å². The van der Waals surface area contributed by atoms with E-state index in [0.29, 0.717) is 18.4 Å². The highest BCUT2D eigenvalue weighted by Crippen LogP contribution is 2.41. The minimum atomic E-state index is -1.89. The number of rotatable bonds is 4. The molecule has 0 bridgehead atoms. The molecule has 0 fully saturated rings. The summed E-state index contributed by atoms with van der Waals surface area (Å²) in [6.07, 6.45) is 2.87. The number of allylic oxidation sites excluding steroid dienone is 6. The van der Waals surface area contributed by atoms with Gasteiger partial charge in [-0.15, -0.1) is 0 Å². The van der Waals surface area contributed by atoms with Gasteiger partial charge in [-0.1, -0.05) is 45.4 Å². The molecule has 0 heterocycles. The zero-order chi connectivity index (χ0) is 14.6. The van der Waals surface area contributed by atoms with Crippen molar-refractivity contribution >= 4 is 0 Å². The lowest BCUT2D eigenvalue weighted by atomic mass is 9.74. The number of hydrogen-bond acceptors (Lipinski definition) is 0. The molecular formula is C16H23F3. The summed E-state index contributed by atoms with van der Waals surface area (Å²) < 4.78 is 42.6. The Kier molecular flexibility index (Phi) is 5.45. The second kappa shape index (κ2) is 6.44. The fourth-order valence-electron chi connectivity index (χ4n) is 2.30. The van der Waals surface area contributed by atoms with Gasteiger partial charge < -0.3 is 0 Å². The molecule has 0 radical (unpaired) electrons. The van der Waals surface area contributed by atoms with E-state index in [0.717, 1.165) is 6.42 Å².